The van der Waals surface area contributed by atoms with Crippen LogP contribution in [0.5, 0.6) is 0 Å². The van der Waals surface area contributed by atoms with Gasteiger partial charge < -0.3 is 9.42 Å². The molecule has 3 heterocycles. The molecule has 5 rings (SSSR count). The minimum atomic E-state index is 0.142. The average Bonchev–Trinajstić information content (AvgIpc) is 3.45. The summed E-state index contributed by atoms with van der Waals surface area (Å²) in [6, 6.07) is 18.1. The Balaban J connectivity index is 1.17. The Morgan fingerprint density at radius 1 is 0.943 bits per heavy atom. The molecule has 0 unspecified atom stereocenters. The monoisotopic (exact) mass is 470 g/mol. The number of benzene rings is 2. The summed E-state index contributed by atoms with van der Waals surface area (Å²) in [6.45, 7) is 9.56. The Morgan fingerprint density at radius 2 is 1.66 bits per heavy atom. The maximum absolute atomic E-state index is 13.1. The van der Waals surface area contributed by atoms with Gasteiger partial charge in [0.15, 0.2) is 0 Å². The van der Waals surface area contributed by atoms with Gasteiger partial charge in [-0.2, -0.15) is 10.1 Å². The van der Waals surface area contributed by atoms with Crippen molar-refractivity contribution in [3.8, 4) is 17.1 Å². The van der Waals surface area contributed by atoms with Crippen molar-refractivity contribution in [1.82, 2.24) is 29.7 Å². The third kappa shape index (κ3) is 5.02. The first-order valence-electron chi connectivity index (χ1n) is 12.0. The van der Waals surface area contributed by atoms with Gasteiger partial charge in [-0.3, -0.25) is 9.69 Å². The summed E-state index contributed by atoms with van der Waals surface area (Å²) < 4.78 is 7.40. The zero-order chi connectivity index (χ0) is 24.4. The van der Waals surface area contributed by atoms with Gasteiger partial charge >= 0.3 is 0 Å². The Kier molecular flexibility index (Phi) is 6.46. The highest BCUT2D eigenvalue weighted by Gasteiger charge is 2.25. The second kappa shape index (κ2) is 9.84. The lowest BCUT2D eigenvalue weighted by molar-refractivity contribution is -0.132. The molecule has 8 nitrogen and oxygen atoms in total. The number of amides is 1. The van der Waals surface area contributed by atoms with Gasteiger partial charge in [0, 0.05) is 43.0 Å². The second-order valence-electron chi connectivity index (χ2n) is 9.11. The number of para-hydroxylation sites is 1. The number of carbonyl (C=O) groups excluding carboxylic acids is 1. The Morgan fingerprint density at radius 3 is 2.37 bits per heavy atom. The lowest BCUT2D eigenvalue weighted by atomic mass is 10.1. The van der Waals surface area contributed by atoms with E-state index in [9.17, 15) is 4.79 Å². The van der Waals surface area contributed by atoms with Crippen LogP contribution in [0.15, 0.2) is 59.1 Å². The predicted molar refractivity (Wildman–Crippen MR) is 133 cm³/mol. The summed E-state index contributed by atoms with van der Waals surface area (Å²) in [5, 5.41) is 8.81. The van der Waals surface area contributed by atoms with Gasteiger partial charge in [-0.25, -0.2) is 4.68 Å². The van der Waals surface area contributed by atoms with Crippen molar-refractivity contribution in [2.75, 3.05) is 26.2 Å². The number of hydrogen-bond acceptors (Lipinski definition) is 6. The molecule has 1 fully saturated rings. The van der Waals surface area contributed by atoms with Gasteiger partial charge in [0.05, 0.1) is 24.3 Å². The molecule has 2 aromatic carbocycles. The normalized spacial score (nSPS) is 14.4. The SMILES string of the molecule is Cc1ccc(-c2noc(CN3CCN(C(=O)Cc4c(C)nn(-c5ccccc5)c4C)CC3)n2)cc1. The second-order valence-corrected chi connectivity index (χ2v) is 9.11. The van der Waals surface area contributed by atoms with Crippen LogP contribution in [0.25, 0.3) is 17.1 Å². The number of piperazine rings is 1. The zero-order valence-electron chi connectivity index (χ0n) is 20.4. The smallest absolute Gasteiger partial charge is 0.241 e. The molecule has 0 bridgehead atoms. The molecular formula is C27H30N6O2. The van der Waals surface area contributed by atoms with E-state index < -0.39 is 0 Å². The Hall–Kier alpha value is -3.78. The summed E-state index contributed by atoms with van der Waals surface area (Å²) >= 11 is 0. The molecule has 1 amide bonds. The largest absolute Gasteiger partial charge is 0.340 e. The van der Waals surface area contributed by atoms with Crippen LogP contribution >= 0.6 is 0 Å². The molecule has 180 valence electrons. The van der Waals surface area contributed by atoms with Crippen molar-refractivity contribution in [2.24, 2.45) is 0 Å². The van der Waals surface area contributed by atoms with Crippen molar-refractivity contribution in [1.29, 1.82) is 0 Å². The molecule has 0 saturated carbocycles. The summed E-state index contributed by atoms with van der Waals surface area (Å²) in [7, 11) is 0. The molecule has 4 aromatic rings. The minimum Gasteiger partial charge on any atom is -0.340 e. The van der Waals surface area contributed by atoms with Crippen molar-refractivity contribution in [3.63, 3.8) is 0 Å². The molecule has 2 aromatic heterocycles. The van der Waals surface area contributed by atoms with E-state index in [2.05, 4.69) is 27.1 Å². The van der Waals surface area contributed by atoms with Crippen LogP contribution in [0.3, 0.4) is 0 Å². The lowest BCUT2D eigenvalue weighted by Gasteiger charge is -2.34. The maximum Gasteiger partial charge on any atom is 0.241 e. The molecule has 0 spiro atoms. The van der Waals surface area contributed by atoms with E-state index in [1.54, 1.807) is 0 Å². The van der Waals surface area contributed by atoms with Gasteiger partial charge in [0.25, 0.3) is 0 Å². The molecule has 8 heteroatoms. The van der Waals surface area contributed by atoms with Crippen LogP contribution in [-0.4, -0.2) is 61.8 Å². The molecule has 1 aliphatic heterocycles. The first-order chi connectivity index (χ1) is 17.0. The highest BCUT2D eigenvalue weighted by Crippen LogP contribution is 2.20. The first-order valence-corrected chi connectivity index (χ1v) is 12.0. The van der Waals surface area contributed by atoms with Crippen molar-refractivity contribution in [2.45, 2.75) is 33.7 Å². The van der Waals surface area contributed by atoms with Crippen molar-refractivity contribution in [3.05, 3.63) is 83.0 Å². The van der Waals surface area contributed by atoms with E-state index in [-0.39, 0.29) is 5.91 Å². The number of aryl methyl sites for hydroxylation is 2. The molecule has 1 saturated heterocycles. The number of nitrogens with zero attached hydrogens (tertiary/aromatic N) is 6. The third-order valence-electron chi connectivity index (χ3n) is 6.63. The molecule has 0 atom stereocenters. The number of carbonyl (C=O) groups is 1. The Labute approximate surface area is 205 Å². The van der Waals surface area contributed by atoms with E-state index in [1.807, 2.05) is 78.0 Å². The molecule has 1 aliphatic rings. The molecule has 0 N–H and O–H groups in total. The fraction of sp³-hybridized carbons (Fsp3) is 0.333. The highest BCUT2D eigenvalue weighted by atomic mass is 16.5. The summed E-state index contributed by atoms with van der Waals surface area (Å²) in [5.41, 5.74) is 6.07. The van der Waals surface area contributed by atoms with E-state index in [0.29, 0.717) is 37.8 Å². The molecular weight excluding hydrogens is 440 g/mol. The number of hydrogen-bond donors (Lipinski definition) is 0. The fourth-order valence-corrected chi connectivity index (χ4v) is 4.50. The summed E-state index contributed by atoms with van der Waals surface area (Å²) in [6.07, 6.45) is 0.369. The van der Waals surface area contributed by atoms with Gasteiger partial charge in [-0.15, -0.1) is 0 Å². The molecule has 0 radical (unpaired) electrons. The predicted octanol–water partition coefficient (Wildman–Crippen LogP) is 3.73. The minimum absolute atomic E-state index is 0.142. The van der Waals surface area contributed by atoms with Crippen LogP contribution in [0.2, 0.25) is 0 Å². The summed E-state index contributed by atoms with van der Waals surface area (Å²) in [5.74, 6) is 1.35. The van der Waals surface area contributed by atoms with E-state index in [0.717, 1.165) is 41.3 Å². The topological polar surface area (TPSA) is 80.3 Å². The molecule has 35 heavy (non-hydrogen) atoms. The zero-order valence-corrected chi connectivity index (χ0v) is 20.4. The number of rotatable bonds is 6. The van der Waals surface area contributed by atoms with Gasteiger partial charge in [-0.05, 0) is 32.9 Å². The van der Waals surface area contributed by atoms with Gasteiger partial charge in [-0.1, -0.05) is 53.2 Å². The van der Waals surface area contributed by atoms with Crippen LogP contribution in [0.1, 0.15) is 28.4 Å². The highest BCUT2D eigenvalue weighted by molar-refractivity contribution is 5.79. The first kappa shape index (κ1) is 23.0. The van der Waals surface area contributed by atoms with E-state index >= 15 is 0 Å². The summed E-state index contributed by atoms with van der Waals surface area (Å²) in [4.78, 5) is 21.8. The average molecular weight is 471 g/mol. The van der Waals surface area contributed by atoms with E-state index in [4.69, 9.17) is 4.52 Å². The third-order valence-corrected chi connectivity index (χ3v) is 6.63. The maximum atomic E-state index is 13.1. The van der Waals surface area contributed by atoms with E-state index in [1.165, 1.54) is 5.56 Å². The lowest BCUT2D eigenvalue weighted by Crippen LogP contribution is -2.48. The Bertz CT molecular complexity index is 1300. The quantitative estimate of drug-likeness (QED) is 0.427. The van der Waals surface area contributed by atoms with Crippen LogP contribution in [0, 0.1) is 20.8 Å². The van der Waals surface area contributed by atoms with Gasteiger partial charge in [0.2, 0.25) is 17.6 Å². The number of aromatic nitrogens is 4. The van der Waals surface area contributed by atoms with Crippen molar-refractivity contribution >= 4 is 5.91 Å². The van der Waals surface area contributed by atoms with Crippen LogP contribution < -0.4 is 0 Å². The van der Waals surface area contributed by atoms with Gasteiger partial charge in [0.1, 0.15) is 0 Å². The fourth-order valence-electron chi connectivity index (χ4n) is 4.50. The van der Waals surface area contributed by atoms with Crippen molar-refractivity contribution < 1.29 is 9.32 Å². The molecule has 0 aliphatic carbocycles. The van der Waals surface area contributed by atoms with Crippen LogP contribution in [-0.2, 0) is 17.8 Å². The standard InChI is InChI=1S/C27H30N6O2/c1-19-9-11-22(12-10-19)27-28-25(35-30-27)18-31-13-15-32(16-14-31)26(34)17-24-20(2)29-33(21(24)3)23-7-5-4-6-8-23/h4-12H,13-18H2,1-3H3. The van der Waals surface area contributed by atoms with Crippen LogP contribution in [0.4, 0.5) is 0 Å².